The van der Waals surface area contributed by atoms with Gasteiger partial charge in [0, 0.05) is 12.3 Å². The van der Waals surface area contributed by atoms with E-state index in [0.29, 0.717) is 18.1 Å². The van der Waals surface area contributed by atoms with E-state index in [1.165, 1.54) is 0 Å². The maximum Gasteiger partial charge on any atom is 0.140 e. The molecular weight excluding hydrogens is 174 g/mol. The first-order chi connectivity index (χ1) is 6.81. The minimum atomic E-state index is 0.100. The van der Waals surface area contributed by atoms with Crippen LogP contribution in [0, 0.1) is 11.3 Å². The Kier molecular flexibility index (Phi) is 1.36. The van der Waals surface area contributed by atoms with Gasteiger partial charge in [-0.3, -0.25) is 4.79 Å². The lowest BCUT2D eigenvalue weighted by atomic mass is 9.88. The van der Waals surface area contributed by atoms with Crippen LogP contribution >= 0.6 is 0 Å². The van der Waals surface area contributed by atoms with E-state index in [1.54, 1.807) is 0 Å². The van der Waals surface area contributed by atoms with Crippen LogP contribution in [0.5, 0.6) is 0 Å². The lowest BCUT2D eigenvalue weighted by Gasteiger charge is -2.14. The van der Waals surface area contributed by atoms with Crippen molar-refractivity contribution in [2.45, 2.75) is 24.7 Å². The molecule has 2 nitrogen and oxygen atoms in total. The fraction of sp³-hybridized carbons (Fsp3) is 0.333. The molecule has 0 heterocycles. The van der Waals surface area contributed by atoms with Crippen LogP contribution in [-0.2, 0) is 4.79 Å². The fourth-order valence-corrected chi connectivity index (χ4v) is 2.84. The van der Waals surface area contributed by atoms with Crippen molar-refractivity contribution in [1.82, 2.24) is 0 Å². The van der Waals surface area contributed by atoms with Gasteiger partial charge in [-0.2, -0.15) is 5.26 Å². The Morgan fingerprint density at radius 3 is 3.07 bits per heavy atom. The predicted octanol–water partition coefficient (Wildman–Crippen LogP) is 2.10. The molecule has 2 aliphatic rings. The Bertz CT molecular complexity index is 470. The van der Waals surface area contributed by atoms with E-state index >= 15 is 0 Å². The van der Waals surface area contributed by atoms with Gasteiger partial charge >= 0.3 is 0 Å². The smallest absolute Gasteiger partial charge is 0.140 e. The van der Waals surface area contributed by atoms with Gasteiger partial charge in [0.25, 0.3) is 0 Å². The van der Waals surface area contributed by atoms with E-state index < -0.39 is 0 Å². The number of Topliss-reactive ketones (excluding diaryl/α,β-unsaturated/α-hetero) is 1. The molecule has 14 heavy (non-hydrogen) atoms. The summed E-state index contributed by atoms with van der Waals surface area (Å²) >= 11 is 0. The molecule has 0 aromatic heterocycles. The molecular formula is C12H9NO. The zero-order valence-corrected chi connectivity index (χ0v) is 7.66. The van der Waals surface area contributed by atoms with Crippen LogP contribution in [0.15, 0.2) is 18.2 Å². The summed E-state index contributed by atoms with van der Waals surface area (Å²) in [6.07, 6.45) is 1.59. The molecule has 2 heteroatoms. The van der Waals surface area contributed by atoms with Crippen molar-refractivity contribution in [3.63, 3.8) is 0 Å². The van der Waals surface area contributed by atoms with Gasteiger partial charge in [0.15, 0.2) is 0 Å². The fourth-order valence-electron chi connectivity index (χ4n) is 2.84. The highest BCUT2D eigenvalue weighted by molar-refractivity contribution is 5.92. The highest BCUT2D eigenvalue weighted by atomic mass is 16.1. The number of benzene rings is 1. The van der Waals surface area contributed by atoms with Crippen LogP contribution in [-0.4, -0.2) is 5.78 Å². The lowest BCUT2D eigenvalue weighted by Crippen LogP contribution is -2.10. The van der Waals surface area contributed by atoms with Gasteiger partial charge < -0.3 is 0 Å². The molecule has 0 unspecified atom stereocenters. The molecule has 0 radical (unpaired) electrons. The minimum Gasteiger partial charge on any atom is -0.299 e. The van der Waals surface area contributed by atoms with Crippen molar-refractivity contribution in [3.05, 3.63) is 34.9 Å². The van der Waals surface area contributed by atoms with Crippen molar-refractivity contribution in [2.24, 2.45) is 0 Å². The SMILES string of the molecule is N#Cc1cccc2c1[C@@H]1CC(=O)[C@H]2C1. The number of nitriles is 1. The predicted molar refractivity (Wildman–Crippen MR) is 50.9 cm³/mol. The first-order valence-electron chi connectivity index (χ1n) is 4.87. The van der Waals surface area contributed by atoms with Crippen molar-refractivity contribution in [1.29, 1.82) is 5.26 Å². The Labute approximate surface area is 82.2 Å². The molecule has 0 saturated heterocycles. The second-order valence-corrected chi connectivity index (χ2v) is 4.08. The normalized spacial score (nSPS) is 27.5. The molecule has 1 aromatic rings. The van der Waals surface area contributed by atoms with Crippen LogP contribution in [0.25, 0.3) is 0 Å². The van der Waals surface area contributed by atoms with Gasteiger partial charge in [0.2, 0.25) is 0 Å². The average molecular weight is 183 g/mol. The van der Waals surface area contributed by atoms with E-state index in [0.717, 1.165) is 23.1 Å². The van der Waals surface area contributed by atoms with E-state index in [1.807, 2.05) is 18.2 Å². The van der Waals surface area contributed by atoms with Crippen LogP contribution in [0.1, 0.15) is 41.4 Å². The van der Waals surface area contributed by atoms with Crippen LogP contribution in [0.4, 0.5) is 0 Å². The Balaban J connectivity index is 2.27. The van der Waals surface area contributed by atoms with E-state index in [9.17, 15) is 4.79 Å². The third kappa shape index (κ3) is 0.773. The van der Waals surface area contributed by atoms with Crippen molar-refractivity contribution in [2.75, 3.05) is 0 Å². The summed E-state index contributed by atoms with van der Waals surface area (Å²) in [5, 5.41) is 8.96. The third-order valence-corrected chi connectivity index (χ3v) is 3.40. The summed E-state index contributed by atoms with van der Waals surface area (Å²) in [4.78, 5) is 11.5. The minimum absolute atomic E-state index is 0.100. The lowest BCUT2D eigenvalue weighted by molar-refractivity contribution is -0.118. The monoisotopic (exact) mass is 183 g/mol. The molecule has 0 spiro atoms. The number of ketones is 1. The van der Waals surface area contributed by atoms with Crippen molar-refractivity contribution >= 4 is 5.78 Å². The molecule has 2 aliphatic carbocycles. The van der Waals surface area contributed by atoms with Gasteiger partial charge in [-0.15, -0.1) is 0 Å². The maximum absolute atomic E-state index is 11.5. The molecule has 0 amide bonds. The first-order valence-corrected chi connectivity index (χ1v) is 4.87. The summed E-state index contributed by atoms with van der Waals surface area (Å²) in [6.45, 7) is 0. The van der Waals surface area contributed by atoms with E-state index in [2.05, 4.69) is 6.07 Å². The first kappa shape index (κ1) is 7.75. The number of hydrogen-bond acceptors (Lipinski definition) is 2. The number of nitrogens with zero attached hydrogens (tertiary/aromatic N) is 1. The molecule has 1 fully saturated rings. The average Bonchev–Trinajstić information content (AvgIpc) is 2.74. The van der Waals surface area contributed by atoms with Crippen LogP contribution in [0.2, 0.25) is 0 Å². The summed E-state index contributed by atoms with van der Waals surface area (Å²) in [6, 6.07) is 7.95. The number of carbonyl (C=O) groups excluding carboxylic acids is 1. The third-order valence-electron chi connectivity index (χ3n) is 3.40. The van der Waals surface area contributed by atoms with Gasteiger partial charge in [-0.1, -0.05) is 12.1 Å². The molecule has 2 bridgehead atoms. The zero-order chi connectivity index (χ0) is 9.71. The Morgan fingerprint density at radius 1 is 1.43 bits per heavy atom. The number of hydrogen-bond donors (Lipinski definition) is 0. The summed E-state index contributed by atoms with van der Waals surface area (Å²) in [5.41, 5.74) is 3.03. The quantitative estimate of drug-likeness (QED) is 0.618. The molecule has 1 aromatic carbocycles. The van der Waals surface area contributed by atoms with Crippen molar-refractivity contribution in [3.8, 4) is 6.07 Å². The van der Waals surface area contributed by atoms with Crippen LogP contribution in [0.3, 0.4) is 0 Å². The second-order valence-electron chi connectivity index (χ2n) is 4.08. The molecule has 2 atom stereocenters. The second kappa shape index (κ2) is 2.45. The van der Waals surface area contributed by atoms with Crippen LogP contribution < -0.4 is 0 Å². The number of rotatable bonds is 0. The maximum atomic E-state index is 11.5. The summed E-state index contributed by atoms with van der Waals surface area (Å²) in [5.74, 6) is 0.791. The Morgan fingerprint density at radius 2 is 2.29 bits per heavy atom. The molecule has 68 valence electrons. The summed E-state index contributed by atoms with van der Waals surface area (Å²) in [7, 11) is 0. The standard InChI is InChI=1S/C12H9NO/c13-6-7-2-1-3-9-10-4-8(12(7)9)5-11(10)14/h1-3,8,10H,4-5H2/t8-,10-/m0/s1. The number of fused-ring (bicyclic) bond motifs is 5. The van der Waals surface area contributed by atoms with Crippen molar-refractivity contribution < 1.29 is 4.79 Å². The highest BCUT2D eigenvalue weighted by Crippen LogP contribution is 2.51. The molecule has 1 saturated carbocycles. The summed E-state index contributed by atoms with van der Waals surface area (Å²) < 4.78 is 0. The molecule has 0 aliphatic heterocycles. The highest BCUT2D eigenvalue weighted by Gasteiger charge is 2.43. The molecule has 3 rings (SSSR count). The Hall–Kier alpha value is -1.62. The largest absolute Gasteiger partial charge is 0.299 e. The van der Waals surface area contributed by atoms with Gasteiger partial charge in [0.05, 0.1) is 11.6 Å². The van der Waals surface area contributed by atoms with Gasteiger partial charge in [-0.05, 0) is 29.5 Å². The van der Waals surface area contributed by atoms with Gasteiger partial charge in [-0.25, -0.2) is 0 Å². The number of carbonyl (C=O) groups is 1. The molecule has 0 N–H and O–H groups in total. The van der Waals surface area contributed by atoms with E-state index in [-0.39, 0.29) is 5.92 Å². The zero-order valence-electron chi connectivity index (χ0n) is 7.66. The van der Waals surface area contributed by atoms with E-state index in [4.69, 9.17) is 5.26 Å². The topological polar surface area (TPSA) is 40.9 Å². The van der Waals surface area contributed by atoms with Gasteiger partial charge in [0.1, 0.15) is 5.78 Å².